The number of nitrogens with zero attached hydrogens (tertiary/aromatic N) is 3. The van der Waals surface area contributed by atoms with E-state index in [1.54, 1.807) is 18.3 Å². The van der Waals surface area contributed by atoms with Gasteiger partial charge in [-0.05, 0) is 52.1 Å². The molecule has 0 aromatic heterocycles. The van der Waals surface area contributed by atoms with Crippen LogP contribution in [0, 0.1) is 5.92 Å². The lowest BCUT2D eigenvalue weighted by molar-refractivity contribution is 0.210. The molecule has 2 fully saturated rings. The van der Waals surface area contributed by atoms with Crippen molar-refractivity contribution in [1.29, 1.82) is 0 Å². The monoisotopic (exact) mass is 359 g/mol. The van der Waals surface area contributed by atoms with Crippen LogP contribution in [0.25, 0.3) is 0 Å². The van der Waals surface area contributed by atoms with Crippen molar-refractivity contribution >= 4 is 16.0 Å². The average Bonchev–Trinajstić information content (AvgIpc) is 2.59. The van der Waals surface area contributed by atoms with E-state index in [1.165, 1.54) is 19.4 Å². The highest BCUT2D eigenvalue weighted by molar-refractivity contribution is 7.89. The molecule has 0 amide bonds. The minimum Gasteiger partial charge on any atom is -0.356 e. The molecule has 0 saturated carbocycles. The van der Waals surface area contributed by atoms with E-state index in [2.05, 4.69) is 27.6 Å². The Morgan fingerprint density at radius 1 is 1.21 bits per heavy atom. The van der Waals surface area contributed by atoms with Crippen LogP contribution in [0.15, 0.2) is 4.99 Å². The number of guanidine groups is 1. The highest BCUT2D eigenvalue weighted by Crippen LogP contribution is 2.15. The largest absolute Gasteiger partial charge is 0.356 e. The summed E-state index contributed by atoms with van der Waals surface area (Å²) in [5, 5.41) is 6.89. The fourth-order valence-corrected chi connectivity index (χ4v) is 4.66. The van der Waals surface area contributed by atoms with Crippen molar-refractivity contribution < 1.29 is 8.42 Å². The van der Waals surface area contributed by atoms with Gasteiger partial charge in [-0.25, -0.2) is 12.7 Å². The van der Waals surface area contributed by atoms with Gasteiger partial charge in [0.2, 0.25) is 10.0 Å². The van der Waals surface area contributed by atoms with Gasteiger partial charge in [0.1, 0.15) is 0 Å². The summed E-state index contributed by atoms with van der Waals surface area (Å²) in [5.41, 5.74) is 0. The van der Waals surface area contributed by atoms with Crippen molar-refractivity contribution in [3.63, 3.8) is 0 Å². The first-order valence-electron chi connectivity index (χ1n) is 9.08. The zero-order valence-corrected chi connectivity index (χ0v) is 16.1. The van der Waals surface area contributed by atoms with Gasteiger partial charge in [0.05, 0.1) is 5.75 Å². The zero-order valence-electron chi connectivity index (χ0n) is 15.3. The fourth-order valence-electron chi connectivity index (χ4n) is 3.53. The molecule has 2 rings (SSSR count). The molecule has 2 N–H and O–H groups in total. The first kappa shape index (κ1) is 19.5. The number of likely N-dealkylation sites (tertiary alicyclic amines) is 1. The predicted octanol–water partition coefficient (Wildman–Crippen LogP) is 0.307. The van der Waals surface area contributed by atoms with Crippen molar-refractivity contribution in [2.75, 3.05) is 52.6 Å². The van der Waals surface area contributed by atoms with Gasteiger partial charge < -0.3 is 15.5 Å². The van der Waals surface area contributed by atoms with Gasteiger partial charge in [0.25, 0.3) is 0 Å². The number of hydrogen-bond acceptors (Lipinski definition) is 4. The van der Waals surface area contributed by atoms with Crippen molar-refractivity contribution in [2.24, 2.45) is 10.9 Å². The smallest absolute Gasteiger partial charge is 0.213 e. The predicted molar refractivity (Wildman–Crippen MR) is 98.8 cm³/mol. The average molecular weight is 360 g/mol. The van der Waals surface area contributed by atoms with E-state index in [9.17, 15) is 8.42 Å². The van der Waals surface area contributed by atoms with E-state index in [-0.39, 0.29) is 11.8 Å². The molecule has 2 aliphatic heterocycles. The summed E-state index contributed by atoms with van der Waals surface area (Å²) in [4.78, 5) is 6.70. The van der Waals surface area contributed by atoms with Gasteiger partial charge in [0.15, 0.2) is 5.96 Å². The highest BCUT2D eigenvalue weighted by atomic mass is 32.2. The molecule has 7 nitrogen and oxygen atoms in total. The summed E-state index contributed by atoms with van der Waals surface area (Å²) >= 11 is 0. The quantitative estimate of drug-likeness (QED) is 0.546. The van der Waals surface area contributed by atoms with E-state index in [0.29, 0.717) is 19.0 Å². The van der Waals surface area contributed by atoms with Crippen molar-refractivity contribution in [1.82, 2.24) is 19.8 Å². The lowest BCUT2D eigenvalue weighted by Gasteiger charge is -2.33. The summed E-state index contributed by atoms with van der Waals surface area (Å²) in [7, 11) is 0.915. The molecule has 1 atom stereocenters. The number of rotatable bonds is 5. The maximum absolute atomic E-state index is 11.9. The number of hydrogen-bond donors (Lipinski definition) is 2. The Kier molecular flexibility index (Phi) is 7.31. The molecule has 8 heteroatoms. The molecule has 2 saturated heterocycles. The Labute approximate surface area is 146 Å². The molecule has 0 spiro atoms. The van der Waals surface area contributed by atoms with Gasteiger partial charge in [-0.2, -0.15) is 0 Å². The number of nitrogens with one attached hydrogen (secondary N) is 2. The molecule has 0 aromatic carbocycles. The molecule has 0 aliphatic carbocycles. The van der Waals surface area contributed by atoms with Crippen LogP contribution in [0.4, 0.5) is 0 Å². The second-order valence-corrected chi connectivity index (χ2v) is 9.20. The summed E-state index contributed by atoms with van der Waals surface area (Å²) < 4.78 is 25.4. The number of aliphatic imine (C=N–C) groups is 1. The molecule has 2 aliphatic rings. The standard InChI is InChI=1S/C16H33N5O2S/c1-4-24(22,23)21-10-7-15(8-11-21)19-16(17-2)18-12-14-6-5-9-20(3)13-14/h14-15H,4-13H2,1-3H3,(H2,17,18,19). The maximum atomic E-state index is 11.9. The molecule has 2 heterocycles. The fraction of sp³-hybridized carbons (Fsp3) is 0.938. The van der Waals surface area contributed by atoms with Crippen LogP contribution in [0.2, 0.25) is 0 Å². The highest BCUT2D eigenvalue weighted by Gasteiger charge is 2.27. The topological polar surface area (TPSA) is 77.0 Å². The van der Waals surface area contributed by atoms with E-state index in [1.807, 2.05) is 0 Å². The van der Waals surface area contributed by atoms with E-state index < -0.39 is 10.0 Å². The molecule has 140 valence electrons. The third-order valence-corrected chi connectivity index (χ3v) is 6.94. The van der Waals surface area contributed by atoms with Crippen LogP contribution in [0.1, 0.15) is 32.6 Å². The third-order valence-electron chi connectivity index (χ3n) is 5.06. The van der Waals surface area contributed by atoms with E-state index in [0.717, 1.165) is 31.9 Å². The van der Waals surface area contributed by atoms with Gasteiger partial charge in [-0.3, -0.25) is 4.99 Å². The normalized spacial score (nSPS) is 25.6. The molecular formula is C16H33N5O2S. The van der Waals surface area contributed by atoms with Crippen molar-refractivity contribution in [2.45, 2.75) is 38.6 Å². The zero-order chi connectivity index (χ0) is 17.6. The Morgan fingerprint density at radius 3 is 2.50 bits per heavy atom. The van der Waals surface area contributed by atoms with Crippen LogP contribution in [-0.2, 0) is 10.0 Å². The first-order valence-corrected chi connectivity index (χ1v) is 10.7. The van der Waals surface area contributed by atoms with Crippen LogP contribution < -0.4 is 10.6 Å². The summed E-state index contributed by atoms with van der Waals surface area (Å²) in [5.74, 6) is 1.68. The van der Waals surface area contributed by atoms with Crippen LogP contribution in [0.5, 0.6) is 0 Å². The minimum absolute atomic E-state index is 0.185. The van der Waals surface area contributed by atoms with Gasteiger partial charge in [0, 0.05) is 39.3 Å². The summed E-state index contributed by atoms with van der Waals surface area (Å²) in [6.45, 7) is 6.16. The Morgan fingerprint density at radius 2 is 1.92 bits per heavy atom. The second-order valence-electron chi connectivity index (χ2n) is 6.94. The minimum atomic E-state index is -3.05. The molecule has 0 bridgehead atoms. The second kappa shape index (κ2) is 9.01. The molecule has 24 heavy (non-hydrogen) atoms. The number of piperidine rings is 2. The van der Waals surface area contributed by atoms with Gasteiger partial charge in [-0.1, -0.05) is 0 Å². The van der Waals surface area contributed by atoms with Crippen LogP contribution in [0.3, 0.4) is 0 Å². The molecule has 0 aromatic rings. The molecule has 0 radical (unpaired) electrons. The number of sulfonamides is 1. The van der Waals surface area contributed by atoms with Gasteiger partial charge >= 0.3 is 0 Å². The summed E-state index contributed by atoms with van der Waals surface area (Å²) in [6, 6.07) is 0.286. The Bertz CT molecular complexity index is 515. The maximum Gasteiger partial charge on any atom is 0.213 e. The Hall–Kier alpha value is -0.860. The van der Waals surface area contributed by atoms with Crippen molar-refractivity contribution in [3.8, 4) is 0 Å². The SMILES string of the molecule is CCS(=O)(=O)N1CCC(NC(=NC)NCC2CCCN(C)C2)CC1. The van der Waals surface area contributed by atoms with Crippen LogP contribution in [-0.4, -0.2) is 82.2 Å². The van der Waals surface area contributed by atoms with E-state index in [4.69, 9.17) is 0 Å². The Balaban J connectivity index is 1.74. The van der Waals surface area contributed by atoms with E-state index >= 15 is 0 Å². The lowest BCUT2D eigenvalue weighted by Crippen LogP contribution is -2.51. The van der Waals surface area contributed by atoms with Crippen LogP contribution >= 0.6 is 0 Å². The third kappa shape index (κ3) is 5.60. The van der Waals surface area contributed by atoms with Gasteiger partial charge in [-0.15, -0.1) is 0 Å². The molecular weight excluding hydrogens is 326 g/mol. The van der Waals surface area contributed by atoms with Crippen molar-refractivity contribution in [3.05, 3.63) is 0 Å². The lowest BCUT2D eigenvalue weighted by atomic mass is 9.98. The summed E-state index contributed by atoms with van der Waals surface area (Å²) in [6.07, 6.45) is 4.18. The molecule has 1 unspecified atom stereocenters. The first-order chi connectivity index (χ1) is 11.4.